The standard InChI is InChI=1S/C19H18ClNO5S/c1-25-17-9-13(10-18(11-17)26-2)19(22)21(15-5-3-14(20)4-6-15)16-7-8-27(23,24)12-16/h3-11,16H,12H2,1-2H3/t16-/m1/s1. The van der Waals surface area contributed by atoms with E-state index in [2.05, 4.69) is 0 Å². The van der Waals surface area contributed by atoms with Gasteiger partial charge in [-0.1, -0.05) is 11.6 Å². The molecule has 1 heterocycles. The van der Waals surface area contributed by atoms with Gasteiger partial charge in [0.25, 0.3) is 5.91 Å². The van der Waals surface area contributed by atoms with Crippen LogP contribution in [0, 0.1) is 0 Å². The van der Waals surface area contributed by atoms with Gasteiger partial charge in [0, 0.05) is 27.7 Å². The minimum atomic E-state index is -3.35. The third kappa shape index (κ3) is 4.26. The van der Waals surface area contributed by atoms with Crippen LogP contribution in [-0.4, -0.2) is 40.3 Å². The minimum absolute atomic E-state index is 0.178. The second-order valence-electron chi connectivity index (χ2n) is 5.98. The first kappa shape index (κ1) is 19.3. The van der Waals surface area contributed by atoms with Gasteiger partial charge in [-0.05, 0) is 42.5 Å². The van der Waals surface area contributed by atoms with Crippen LogP contribution in [0.4, 0.5) is 5.69 Å². The molecule has 0 unspecified atom stereocenters. The Morgan fingerprint density at radius 3 is 2.15 bits per heavy atom. The Kier molecular flexibility index (Phi) is 5.43. The monoisotopic (exact) mass is 407 g/mol. The maximum atomic E-state index is 13.3. The molecule has 0 saturated carbocycles. The predicted molar refractivity (Wildman–Crippen MR) is 105 cm³/mol. The van der Waals surface area contributed by atoms with Gasteiger partial charge >= 0.3 is 0 Å². The Morgan fingerprint density at radius 1 is 1.07 bits per heavy atom. The van der Waals surface area contributed by atoms with E-state index >= 15 is 0 Å². The number of carbonyl (C=O) groups excluding carboxylic acids is 1. The van der Waals surface area contributed by atoms with Crippen molar-refractivity contribution < 1.29 is 22.7 Å². The van der Waals surface area contributed by atoms with Crippen molar-refractivity contribution in [2.75, 3.05) is 24.9 Å². The van der Waals surface area contributed by atoms with E-state index in [0.29, 0.717) is 27.8 Å². The predicted octanol–water partition coefficient (Wildman–Crippen LogP) is 3.31. The highest BCUT2D eigenvalue weighted by molar-refractivity contribution is 7.94. The smallest absolute Gasteiger partial charge is 0.259 e. The number of halogens is 1. The van der Waals surface area contributed by atoms with E-state index in [1.54, 1.807) is 42.5 Å². The zero-order chi connectivity index (χ0) is 19.6. The van der Waals surface area contributed by atoms with Gasteiger partial charge in [0.1, 0.15) is 11.5 Å². The highest BCUT2D eigenvalue weighted by Gasteiger charge is 2.32. The SMILES string of the molecule is COc1cc(OC)cc(C(=O)N(c2ccc(Cl)cc2)[C@@H]2C=CS(=O)(=O)C2)c1. The molecule has 27 heavy (non-hydrogen) atoms. The number of rotatable bonds is 5. The van der Waals surface area contributed by atoms with Crippen molar-refractivity contribution in [2.45, 2.75) is 6.04 Å². The minimum Gasteiger partial charge on any atom is -0.497 e. The first-order valence-corrected chi connectivity index (χ1v) is 10.2. The summed E-state index contributed by atoms with van der Waals surface area (Å²) in [7, 11) is -0.363. The van der Waals surface area contributed by atoms with Crippen LogP contribution >= 0.6 is 11.6 Å². The molecule has 2 aromatic carbocycles. The highest BCUT2D eigenvalue weighted by atomic mass is 35.5. The third-order valence-electron chi connectivity index (χ3n) is 4.16. The average Bonchev–Trinajstić information content (AvgIpc) is 3.02. The zero-order valence-corrected chi connectivity index (χ0v) is 16.3. The van der Waals surface area contributed by atoms with Gasteiger partial charge in [-0.2, -0.15) is 0 Å². The molecule has 1 aliphatic heterocycles. The zero-order valence-electron chi connectivity index (χ0n) is 14.8. The Labute approximate surface area is 162 Å². The maximum absolute atomic E-state index is 13.3. The number of amides is 1. The molecule has 0 fully saturated rings. The lowest BCUT2D eigenvalue weighted by atomic mass is 10.1. The van der Waals surface area contributed by atoms with E-state index in [0.717, 1.165) is 5.41 Å². The van der Waals surface area contributed by atoms with Gasteiger partial charge < -0.3 is 14.4 Å². The van der Waals surface area contributed by atoms with Crippen molar-refractivity contribution >= 4 is 33.0 Å². The van der Waals surface area contributed by atoms with Crippen LogP contribution < -0.4 is 14.4 Å². The Bertz CT molecular complexity index is 963. The summed E-state index contributed by atoms with van der Waals surface area (Å²) in [6, 6.07) is 10.9. The van der Waals surface area contributed by atoms with Crippen LogP contribution in [0.25, 0.3) is 0 Å². The third-order valence-corrected chi connectivity index (χ3v) is 5.79. The van der Waals surface area contributed by atoms with Crippen LogP contribution in [0.3, 0.4) is 0 Å². The molecule has 1 aliphatic rings. The number of anilines is 1. The van der Waals surface area contributed by atoms with E-state index in [1.807, 2.05) is 0 Å². The second-order valence-corrected chi connectivity index (χ2v) is 8.35. The van der Waals surface area contributed by atoms with Crippen LogP contribution in [0.2, 0.25) is 5.02 Å². The first-order chi connectivity index (χ1) is 12.8. The van der Waals surface area contributed by atoms with E-state index in [4.69, 9.17) is 21.1 Å². The summed E-state index contributed by atoms with van der Waals surface area (Å²) >= 11 is 5.95. The second kappa shape index (κ2) is 7.62. The summed E-state index contributed by atoms with van der Waals surface area (Å²) in [5, 5.41) is 1.66. The van der Waals surface area contributed by atoms with Crippen molar-refractivity contribution in [1.29, 1.82) is 0 Å². The molecule has 0 N–H and O–H groups in total. The Hall–Kier alpha value is -2.51. The molecule has 0 radical (unpaired) electrons. The molecule has 1 atom stereocenters. The number of benzene rings is 2. The first-order valence-electron chi connectivity index (χ1n) is 8.06. The fourth-order valence-electron chi connectivity index (χ4n) is 2.85. The lowest BCUT2D eigenvalue weighted by Crippen LogP contribution is -2.41. The molecule has 0 bridgehead atoms. The van der Waals surface area contributed by atoms with Crippen molar-refractivity contribution in [3.8, 4) is 11.5 Å². The Morgan fingerprint density at radius 2 is 1.67 bits per heavy atom. The molecule has 142 valence electrons. The van der Waals surface area contributed by atoms with Gasteiger partial charge in [-0.15, -0.1) is 0 Å². The molecule has 0 saturated heterocycles. The molecular formula is C19H18ClNO5S. The summed E-state index contributed by atoms with van der Waals surface area (Å²) in [5.41, 5.74) is 0.858. The van der Waals surface area contributed by atoms with Crippen LogP contribution in [0.5, 0.6) is 11.5 Å². The fraction of sp³-hybridized carbons (Fsp3) is 0.211. The number of nitrogens with zero attached hydrogens (tertiary/aromatic N) is 1. The molecule has 8 heteroatoms. The number of methoxy groups -OCH3 is 2. The van der Waals surface area contributed by atoms with Gasteiger partial charge in [0.2, 0.25) is 0 Å². The van der Waals surface area contributed by atoms with E-state index in [1.165, 1.54) is 25.2 Å². The Balaban J connectivity index is 2.06. The van der Waals surface area contributed by atoms with Crippen molar-refractivity contribution in [3.63, 3.8) is 0 Å². The highest BCUT2D eigenvalue weighted by Crippen LogP contribution is 2.29. The topological polar surface area (TPSA) is 72.9 Å². The van der Waals surface area contributed by atoms with Gasteiger partial charge in [0.05, 0.1) is 26.0 Å². The summed E-state index contributed by atoms with van der Waals surface area (Å²) < 4.78 is 34.3. The van der Waals surface area contributed by atoms with Gasteiger partial charge in [-0.25, -0.2) is 8.42 Å². The molecule has 3 rings (SSSR count). The summed E-state index contributed by atoms with van der Waals surface area (Å²) in [4.78, 5) is 14.8. The number of ether oxygens (including phenoxy) is 2. The van der Waals surface area contributed by atoms with Crippen molar-refractivity contribution in [3.05, 3.63) is 64.5 Å². The van der Waals surface area contributed by atoms with E-state index in [9.17, 15) is 13.2 Å². The lowest BCUT2D eigenvalue weighted by molar-refractivity contribution is 0.0982. The van der Waals surface area contributed by atoms with E-state index in [-0.39, 0.29) is 11.7 Å². The number of hydrogen-bond acceptors (Lipinski definition) is 5. The quantitative estimate of drug-likeness (QED) is 0.760. The molecule has 0 aliphatic carbocycles. The van der Waals surface area contributed by atoms with Crippen molar-refractivity contribution in [2.24, 2.45) is 0 Å². The summed E-state index contributed by atoms with van der Waals surface area (Å²) in [5.74, 6) is 0.371. The number of sulfone groups is 1. The van der Waals surface area contributed by atoms with E-state index < -0.39 is 15.9 Å². The maximum Gasteiger partial charge on any atom is 0.259 e. The van der Waals surface area contributed by atoms with Crippen LogP contribution in [0.1, 0.15) is 10.4 Å². The van der Waals surface area contributed by atoms with Crippen molar-refractivity contribution in [1.82, 2.24) is 0 Å². The number of carbonyl (C=O) groups is 1. The molecule has 0 spiro atoms. The lowest BCUT2D eigenvalue weighted by Gasteiger charge is -2.28. The average molecular weight is 408 g/mol. The van der Waals surface area contributed by atoms with Crippen LogP contribution in [-0.2, 0) is 9.84 Å². The van der Waals surface area contributed by atoms with Gasteiger partial charge in [-0.3, -0.25) is 4.79 Å². The summed E-state index contributed by atoms with van der Waals surface area (Å²) in [6.45, 7) is 0. The molecule has 2 aromatic rings. The fourth-order valence-corrected chi connectivity index (χ4v) is 4.25. The largest absolute Gasteiger partial charge is 0.497 e. The molecular weight excluding hydrogens is 390 g/mol. The van der Waals surface area contributed by atoms with Gasteiger partial charge in [0.15, 0.2) is 9.84 Å². The van der Waals surface area contributed by atoms with Crippen LogP contribution in [0.15, 0.2) is 53.9 Å². The number of hydrogen-bond donors (Lipinski definition) is 0. The normalized spacial score (nSPS) is 17.5. The summed E-state index contributed by atoms with van der Waals surface area (Å²) in [6.07, 6.45) is 1.51. The molecule has 6 nitrogen and oxygen atoms in total. The molecule has 0 aromatic heterocycles. The molecule has 1 amide bonds.